The number of carbonyl (C=O) groups excluding carboxylic acids is 3. The Kier molecular flexibility index (Phi) is 5.32. The molecule has 0 radical (unpaired) electrons. The Balaban J connectivity index is 1.97. The monoisotopic (exact) mass is 324 g/mol. The predicted octanol–water partition coefficient (Wildman–Crippen LogP) is 2.37. The third-order valence-corrected chi connectivity index (χ3v) is 5.20. The van der Waals surface area contributed by atoms with Gasteiger partial charge >= 0.3 is 6.09 Å². The number of carbonyl (C=O) groups is 3. The van der Waals surface area contributed by atoms with Crippen LogP contribution in [0.3, 0.4) is 0 Å². The molecule has 0 aromatic rings. The van der Waals surface area contributed by atoms with Crippen LogP contribution in [0.1, 0.15) is 59.8 Å². The number of amides is 3. The molecule has 130 valence electrons. The summed E-state index contributed by atoms with van der Waals surface area (Å²) in [5.41, 5.74) is -1.08. The smallest absolute Gasteiger partial charge is 0.408 e. The summed E-state index contributed by atoms with van der Waals surface area (Å²) >= 11 is 0. The van der Waals surface area contributed by atoms with Crippen LogP contribution in [0.2, 0.25) is 0 Å². The highest BCUT2D eigenvalue weighted by Gasteiger charge is 2.41. The molecule has 0 bridgehead atoms. The molecule has 1 saturated carbocycles. The molecule has 6 heteroatoms. The molecule has 2 N–H and O–H groups in total. The van der Waals surface area contributed by atoms with Gasteiger partial charge in [-0.15, -0.1) is 0 Å². The van der Waals surface area contributed by atoms with Crippen molar-refractivity contribution >= 4 is 17.9 Å². The lowest BCUT2D eigenvalue weighted by molar-refractivity contribution is -0.138. The summed E-state index contributed by atoms with van der Waals surface area (Å²) in [5.74, 6) is 0.568. The van der Waals surface area contributed by atoms with Crippen LogP contribution in [0.4, 0.5) is 4.79 Å². The van der Waals surface area contributed by atoms with Crippen LogP contribution in [-0.2, 0) is 14.3 Å². The van der Waals surface area contributed by atoms with Gasteiger partial charge in [-0.2, -0.15) is 0 Å². The third kappa shape index (κ3) is 4.24. The van der Waals surface area contributed by atoms with E-state index in [2.05, 4.69) is 31.4 Å². The molecule has 2 rings (SSSR count). The predicted molar refractivity (Wildman–Crippen MR) is 85.5 cm³/mol. The molecule has 3 amide bonds. The zero-order chi connectivity index (χ0) is 17.2. The lowest BCUT2D eigenvalue weighted by atomic mass is 9.75. The fourth-order valence-electron chi connectivity index (χ4n) is 3.57. The van der Waals surface area contributed by atoms with Crippen molar-refractivity contribution in [2.75, 3.05) is 0 Å². The molecule has 2 aliphatic rings. The Morgan fingerprint density at radius 1 is 1.35 bits per heavy atom. The second-order valence-electron chi connectivity index (χ2n) is 7.60. The lowest BCUT2D eigenvalue weighted by Crippen LogP contribution is -2.61. The van der Waals surface area contributed by atoms with E-state index < -0.39 is 17.5 Å². The van der Waals surface area contributed by atoms with E-state index in [9.17, 15) is 14.4 Å². The van der Waals surface area contributed by atoms with E-state index in [4.69, 9.17) is 4.74 Å². The van der Waals surface area contributed by atoms with Crippen LogP contribution in [0, 0.1) is 17.8 Å². The molecule has 1 aliphatic heterocycles. The van der Waals surface area contributed by atoms with Gasteiger partial charge in [0.1, 0.15) is 11.6 Å². The summed E-state index contributed by atoms with van der Waals surface area (Å²) < 4.78 is 5.66. The summed E-state index contributed by atoms with van der Waals surface area (Å²) in [6, 6.07) is 0. The van der Waals surface area contributed by atoms with Gasteiger partial charge in [0.05, 0.1) is 0 Å². The first-order valence-electron chi connectivity index (χ1n) is 8.54. The van der Waals surface area contributed by atoms with Crippen LogP contribution in [0.15, 0.2) is 0 Å². The summed E-state index contributed by atoms with van der Waals surface area (Å²) in [6.45, 7) is 8.10. The van der Waals surface area contributed by atoms with E-state index in [-0.39, 0.29) is 18.4 Å². The molecule has 23 heavy (non-hydrogen) atoms. The van der Waals surface area contributed by atoms with E-state index in [1.54, 1.807) is 6.92 Å². The van der Waals surface area contributed by atoms with E-state index in [1.807, 2.05) is 0 Å². The Hall–Kier alpha value is -1.59. The molecule has 2 fully saturated rings. The summed E-state index contributed by atoms with van der Waals surface area (Å²) in [4.78, 5) is 35.5. The van der Waals surface area contributed by atoms with E-state index in [0.29, 0.717) is 24.2 Å². The fraction of sp³-hybridized carbons (Fsp3) is 0.824. The van der Waals surface area contributed by atoms with Crippen molar-refractivity contribution in [1.29, 1.82) is 0 Å². The first-order valence-corrected chi connectivity index (χ1v) is 8.54. The maximum atomic E-state index is 12.3. The minimum atomic E-state index is -1.08. The molecular formula is C17H28N2O4. The van der Waals surface area contributed by atoms with Gasteiger partial charge in [0.15, 0.2) is 0 Å². The van der Waals surface area contributed by atoms with Gasteiger partial charge in [-0.25, -0.2) is 4.79 Å². The van der Waals surface area contributed by atoms with Gasteiger partial charge in [0, 0.05) is 6.42 Å². The zero-order valence-electron chi connectivity index (χ0n) is 14.5. The molecule has 0 spiro atoms. The SMILES string of the molecule is CC(C)[C@@H]1CC[C@H](C)C[C@@H]1OC(=O)N[C@@]1(C)CCC(=O)NC1=O. The van der Waals surface area contributed by atoms with Gasteiger partial charge in [0.2, 0.25) is 5.91 Å². The van der Waals surface area contributed by atoms with Gasteiger partial charge in [-0.1, -0.05) is 27.2 Å². The van der Waals surface area contributed by atoms with Crippen LogP contribution >= 0.6 is 0 Å². The maximum absolute atomic E-state index is 12.3. The molecule has 6 nitrogen and oxygen atoms in total. The van der Waals surface area contributed by atoms with Gasteiger partial charge in [-0.3, -0.25) is 14.9 Å². The van der Waals surface area contributed by atoms with Crippen molar-refractivity contribution in [3.63, 3.8) is 0 Å². The fourth-order valence-corrected chi connectivity index (χ4v) is 3.57. The number of nitrogens with one attached hydrogen (secondary N) is 2. The second kappa shape index (κ2) is 6.89. The van der Waals surface area contributed by atoms with Crippen molar-refractivity contribution in [3.8, 4) is 0 Å². The van der Waals surface area contributed by atoms with E-state index >= 15 is 0 Å². The molecular weight excluding hydrogens is 296 g/mol. The number of alkyl carbamates (subject to hydrolysis) is 1. The van der Waals surface area contributed by atoms with Gasteiger partial charge in [-0.05, 0) is 43.9 Å². The Bertz CT molecular complexity index is 491. The molecule has 0 aromatic carbocycles. The average Bonchev–Trinajstić information content (AvgIpc) is 2.43. The molecule has 4 atom stereocenters. The number of imide groups is 1. The van der Waals surface area contributed by atoms with E-state index in [0.717, 1.165) is 19.3 Å². The van der Waals surface area contributed by atoms with Gasteiger partial charge in [0.25, 0.3) is 5.91 Å². The highest BCUT2D eigenvalue weighted by Crippen LogP contribution is 2.35. The van der Waals surface area contributed by atoms with Crippen molar-refractivity contribution in [2.45, 2.75) is 71.4 Å². The highest BCUT2D eigenvalue weighted by atomic mass is 16.6. The summed E-state index contributed by atoms with van der Waals surface area (Å²) in [6.07, 6.45) is 2.91. The number of hydrogen-bond acceptors (Lipinski definition) is 4. The molecule has 1 heterocycles. The maximum Gasteiger partial charge on any atom is 0.408 e. The van der Waals surface area contributed by atoms with Gasteiger partial charge < -0.3 is 10.1 Å². The standard InChI is InChI=1S/C17H28N2O4/c1-10(2)12-6-5-11(3)9-13(12)23-16(22)19-17(4)8-7-14(20)18-15(17)21/h10-13H,5-9H2,1-4H3,(H,19,22)(H,18,20,21)/t11-,12-,13-,17-/m0/s1. The van der Waals surface area contributed by atoms with Crippen molar-refractivity contribution < 1.29 is 19.1 Å². The number of hydrogen-bond donors (Lipinski definition) is 2. The van der Waals surface area contributed by atoms with Crippen LogP contribution in [-0.4, -0.2) is 29.6 Å². The number of rotatable bonds is 3. The summed E-state index contributed by atoms with van der Waals surface area (Å²) in [7, 11) is 0. The van der Waals surface area contributed by atoms with Crippen LogP contribution in [0.25, 0.3) is 0 Å². The topological polar surface area (TPSA) is 84.5 Å². The molecule has 1 saturated heterocycles. The zero-order valence-corrected chi connectivity index (χ0v) is 14.5. The van der Waals surface area contributed by atoms with Crippen molar-refractivity contribution in [1.82, 2.24) is 10.6 Å². The first kappa shape index (κ1) is 17.8. The quantitative estimate of drug-likeness (QED) is 0.781. The second-order valence-corrected chi connectivity index (χ2v) is 7.60. The number of ether oxygens (including phenoxy) is 1. The average molecular weight is 324 g/mol. The third-order valence-electron chi connectivity index (χ3n) is 5.20. The molecule has 0 aromatic heterocycles. The van der Waals surface area contributed by atoms with E-state index in [1.165, 1.54) is 0 Å². The largest absolute Gasteiger partial charge is 0.446 e. The normalized spacial score (nSPS) is 34.9. The van der Waals surface area contributed by atoms with Crippen molar-refractivity contribution in [2.24, 2.45) is 17.8 Å². The molecule has 1 aliphatic carbocycles. The minimum absolute atomic E-state index is 0.115. The first-order chi connectivity index (χ1) is 10.7. The van der Waals surface area contributed by atoms with Crippen LogP contribution in [0.5, 0.6) is 0 Å². The van der Waals surface area contributed by atoms with Crippen molar-refractivity contribution in [3.05, 3.63) is 0 Å². The minimum Gasteiger partial charge on any atom is -0.446 e. The Labute approximate surface area is 137 Å². The Morgan fingerprint density at radius 2 is 2.04 bits per heavy atom. The highest BCUT2D eigenvalue weighted by molar-refractivity contribution is 6.03. The Morgan fingerprint density at radius 3 is 2.65 bits per heavy atom. The molecule has 0 unspecified atom stereocenters. The van der Waals surface area contributed by atoms with Crippen LogP contribution < -0.4 is 10.6 Å². The number of piperidine rings is 1. The lowest BCUT2D eigenvalue weighted by Gasteiger charge is -2.38. The summed E-state index contributed by atoms with van der Waals surface area (Å²) in [5, 5.41) is 4.93.